The lowest BCUT2D eigenvalue weighted by Crippen LogP contribution is -1.83. The number of halogens is 1. The standard InChI is InChI=1S/C14H9BrN/c1-10-7-13(5-6-14(10)15)12-4-2-3-11(8-12)9-16/h2-4,6-8H,1H3. The van der Waals surface area contributed by atoms with E-state index in [1.54, 1.807) is 6.07 Å². The highest BCUT2D eigenvalue weighted by Gasteiger charge is 2.01. The maximum Gasteiger partial charge on any atom is 0.0991 e. The van der Waals surface area contributed by atoms with Gasteiger partial charge in [-0.05, 0) is 53.9 Å². The van der Waals surface area contributed by atoms with E-state index in [-0.39, 0.29) is 0 Å². The third-order valence-electron chi connectivity index (χ3n) is 2.39. The molecule has 0 heterocycles. The molecule has 0 aliphatic heterocycles. The van der Waals surface area contributed by atoms with Crippen LogP contribution in [-0.2, 0) is 0 Å². The average molecular weight is 271 g/mol. The van der Waals surface area contributed by atoms with Gasteiger partial charge in [-0.3, -0.25) is 0 Å². The van der Waals surface area contributed by atoms with E-state index in [1.165, 1.54) is 0 Å². The maximum absolute atomic E-state index is 8.84. The lowest BCUT2D eigenvalue weighted by atomic mass is 10.0. The number of aryl methyl sites for hydroxylation is 1. The first-order chi connectivity index (χ1) is 7.70. The first-order valence-electron chi connectivity index (χ1n) is 4.89. The first-order valence-corrected chi connectivity index (χ1v) is 5.68. The fraction of sp³-hybridized carbons (Fsp3) is 0.0714. The van der Waals surface area contributed by atoms with Gasteiger partial charge in [0.05, 0.1) is 11.6 Å². The summed E-state index contributed by atoms with van der Waals surface area (Å²) < 4.78 is 1.05. The van der Waals surface area contributed by atoms with E-state index in [2.05, 4.69) is 34.1 Å². The van der Waals surface area contributed by atoms with E-state index in [9.17, 15) is 0 Å². The van der Waals surface area contributed by atoms with Crippen molar-refractivity contribution < 1.29 is 0 Å². The Morgan fingerprint density at radius 3 is 2.81 bits per heavy atom. The van der Waals surface area contributed by atoms with Gasteiger partial charge in [0.1, 0.15) is 0 Å². The summed E-state index contributed by atoms with van der Waals surface area (Å²) in [5.74, 6) is 0. The van der Waals surface area contributed by atoms with Crippen LogP contribution in [0.1, 0.15) is 11.1 Å². The summed E-state index contributed by atoms with van der Waals surface area (Å²) in [6, 6.07) is 16.8. The zero-order valence-electron chi connectivity index (χ0n) is 8.79. The molecule has 1 nitrogen and oxygen atoms in total. The number of hydrogen-bond donors (Lipinski definition) is 0. The van der Waals surface area contributed by atoms with Crippen molar-refractivity contribution >= 4 is 15.9 Å². The minimum Gasteiger partial charge on any atom is -0.192 e. The first kappa shape index (κ1) is 10.9. The Balaban J connectivity index is 2.51. The van der Waals surface area contributed by atoms with Gasteiger partial charge in [0.15, 0.2) is 0 Å². The summed E-state index contributed by atoms with van der Waals surface area (Å²) in [4.78, 5) is 0. The highest BCUT2D eigenvalue weighted by atomic mass is 79.9. The molecule has 2 heteroatoms. The molecule has 16 heavy (non-hydrogen) atoms. The SMILES string of the molecule is Cc1cc(-c2cccc(C#N)c2)[c]cc1Br. The largest absolute Gasteiger partial charge is 0.192 e. The normalized spacial score (nSPS) is 9.81. The minimum absolute atomic E-state index is 0.673. The van der Waals surface area contributed by atoms with Gasteiger partial charge in [0, 0.05) is 4.47 Å². The third-order valence-corrected chi connectivity index (χ3v) is 3.25. The van der Waals surface area contributed by atoms with Crippen LogP contribution >= 0.6 is 15.9 Å². The Morgan fingerprint density at radius 2 is 2.12 bits per heavy atom. The fourth-order valence-corrected chi connectivity index (χ4v) is 1.73. The van der Waals surface area contributed by atoms with Crippen molar-refractivity contribution in [2.24, 2.45) is 0 Å². The van der Waals surface area contributed by atoms with Crippen molar-refractivity contribution in [3.8, 4) is 17.2 Å². The number of hydrogen-bond acceptors (Lipinski definition) is 1. The summed E-state index contributed by atoms with van der Waals surface area (Å²) in [6.45, 7) is 2.04. The predicted octanol–water partition coefficient (Wildman–Crippen LogP) is 4.10. The molecule has 0 saturated heterocycles. The molecule has 0 N–H and O–H groups in total. The van der Waals surface area contributed by atoms with E-state index in [0.717, 1.165) is 21.2 Å². The number of rotatable bonds is 1. The van der Waals surface area contributed by atoms with Crippen molar-refractivity contribution in [1.82, 2.24) is 0 Å². The van der Waals surface area contributed by atoms with Crippen LogP contribution < -0.4 is 0 Å². The van der Waals surface area contributed by atoms with Crippen LogP contribution in [0.2, 0.25) is 0 Å². The summed E-state index contributed by atoms with van der Waals surface area (Å²) in [5, 5.41) is 8.84. The minimum atomic E-state index is 0.673. The van der Waals surface area contributed by atoms with Gasteiger partial charge < -0.3 is 0 Å². The molecule has 2 rings (SSSR count). The van der Waals surface area contributed by atoms with Gasteiger partial charge in [-0.25, -0.2) is 0 Å². The lowest BCUT2D eigenvalue weighted by Gasteiger charge is -2.04. The molecule has 1 radical (unpaired) electrons. The Hall–Kier alpha value is -1.59. The van der Waals surface area contributed by atoms with Gasteiger partial charge in [-0.1, -0.05) is 28.1 Å². The fourth-order valence-electron chi connectivity index (χ4n) is 1.51. The summed E-state index contributed by atoms with van der Waals surface area (Å²) in [5.41, 5.74) is 3.87. The highest BCUT2D eigenvalue weighted by molar-refractivity contribution is 9.10. The molecule has 0 saturated carbocycles. The number of benzene rings is 2. The van der Waals surface area contributed by atoms with Crippen LogP contribution in [0.15, 0.2) is 40.9 Å². The Bertz CT molecular complexity index is 567. The molecule has 2 aromatic rings. The van der Waals surface area contributed by atoms with Gasteiger partial charge in [0.25, 0.3) is 0 Å². The molecule has 0 aliphatic carbocycles. The van der Waals surface area contributed by atoms with Crippen LogP contribution in [0, 0.1) is 24.3 Å². The average Bonchev–Trinajstić information content (AvgIpc) is 2.33. The zero-order chi connectivity index (χ0) is 11.5. The van der Waals surface area contributed by atoms with Crippen molar-refractivity contribution in [2.75, 3.05) is 0 Å². The number of nitrogens with zero attached hydrogens (tertiary/aromatic N) is 1. The molecule has 0 fully saturated rings. The van der Waals surface area contributed by atoms with Crippen LogP contribution in [-0.4, -0.2) is 0 Å². The molecule has 0 amide bonds. The van der Waals surface area contributed by atoms with E-state index in [0.29, 0.717) is 5.56 Å². The highest BCUT2D eigenvalue weighted by Crippen LogP contribution is 2.24. The smallest absolute Gasteiger partial charge is 0.0991 e. The van der Waals surface area contributed by atoms with Crippen molar-refractivity contribution in [2.45, 2.75) is 6.92 Å². The second-order valence-electron chi connectivity index (χ2n) is 3.57. The quantitative estimate of drug-likeness (QED) is 0.766. The predicted molar refractivity (Wildman–Crippen MR) is 67.9 cm³/mol. The van der Waals surface area contributed by atoms with Crippen LogP contribution in [0.25, 0.3) is 11.1 Å². The molecule has 0 bridgehead atoms. The Labute approximate surface area is 103 Å². The molecule has 0 aromatic heterocycles. The molecule has 77 valence electrons. The third kappa shape index (κ3) is 2.15. The molecule has 0 aliphatic rings. The van der Waals surface area contributed by atoms with E-state index in [4.69, 9.17) is 5.26 Å². The second kappa shape index (κ2) is 4.51. The van der Waals surface area contributed by atoms with Crippen LogP contribution in [0.3, 0.4) is 0 Å². The molecular weight excluding hydrogens is 262 g/mol. The summed E-state index contributed by atoms with van der Waals surface area (Å²) >= 11 is 3.45. The molecule has 0 spiro atoms. The molecule has 2 aromatic carbocycles. The van der Waals surface area contributed by atoms with Gasteiger partial charge in [-0.2, -0.15) is 5.26 Å². The summed E-state index contributed by atoms with van der Waals surface area (Å²) in [7, 11) is 0. The van der Waals surface area contributed by atoms with E-state index < -0.39 is 0 Å². The lowest BCUT2D eigenvalue weighted by molar-refractivity contribution is 1.42. The van der Waals surface area contributed by atoms with Crippen molar-refractivity contribution in [1.29, 1.82) is 5.26 Å². The number of nitriles is 1. The van der Waals surface area contributed by atoms with Crippen molar-refractivity contribution in [3.05, 3.63) is 58.1 Å². The van der Waals surface area contributed by atoms with Gasteiger partial charge in [-0.15, -0.1) is 0 Å². The Morgan fingerprint density at radius 1 is 1.31 bits per heavy atom. The van der Waals surface area contributed by atoms with E-state index >= 15 is 0 Å². The molecule has 0 unspecified atom stereocenters. The van der Waals surface area contributed by atoms with Crippen LogP contribution in [0.5, 0.6) is 0 Å². The molecule has 0 atom stereocenters. The van der Waals surface area contributed by atoms with Gasteiger partial charge >= 0.3 is 0 Å². The second-order valence-corrected chi connectivity index (χ2v) is 4.42. The van der Waals surface area contributed by atoms with E-state index in [1.807, 2.05) is 31.2 Å². The zero-order valence-corrected chi connectivity index (χ0v) is 10.4. The molecular formula is C14H9BrN. The van der Waals surface area contributed by atoms with Crippen molar-refractivity contribution in [3.63, 3.8) is 0 Å². The maximum atomic E-state index is 8.84. The topological polar surface area (TPSA) is 23.8 Å². The monoisotopic (exact) mass is 270 g/mol. The van der Waals surface area contributed by atoms with Crippen LogP contribution in [0.4, 0.5) is 0 Å². The Kier molecular flexibility index (Phi) is 3.07. The summed E-state index contributed by atoms with van der Waals surface area (Å²) in [6.07, 6.45) is 0. The van der Waals surface area contributed by atoms with Gasteiger partial charge in [0.2, 0.25) is 0 Å².